The fraction of sp³-hybridized carbons (Fsp3) is 0.105. The second-order valence-electron chi connectivity index (χ2n) is 5.59. The molecule has 7 heteroatoms. The van der Waals surface area contributed by atoms with Crippen LogP contribution in [0.3, 0.4) is 0 Å². The second kappa shape index (κ2) is 7.72. The lowest BCUT2D eigenvalue weighted by Gasteiger charge is -2.09. The fourth-order valence-electron chi connectivity index (χ4n) is 2.42. The van der Waals surface area contributed by atoms with Crippen molar-refractivity contribution in [3.05, 3.63) is 69.8 Å². The molecule has 3 aromatic rings. The SMILES string of the molecule is Cc1nc2ccc(Cl)cc2cc1C(=O)OCC(=O)Nc1cccc(Cl)c1. The normalized spacial score (nSPS) is 10.6. The Morgan fingerprint density at radius 2 is 1.85 bits per heavy atom. The smallest absolute Gasteiger partial charge is 0.340 e. The van der Waals surface area contributed by atoms with E-state index in [2.05, 4.69) is 10.3 Å². The van der Waals surface area contributed by atoms with Crippen molar-refractivity contribution in [1.82, 2.24) is 4.98 Å². The van der Waals surface area contributed by atoms with Crippen LogP contribution < -0.4 is 5.32 Å². The number of carbonyl (C=O) groups is 2. The Hall–Kier alpha value is -2.63. The molecule has 0 spiro atoms. The van der Waals surface area contributed by atoms with Crippen LogP contribution in [0.2, 0.25) is 10.0 Å². The summed E-state index contributed by atoms with van der Waals surface area (Å²) in [6, 6.07) is 13.6. The van der Waals surface area contributed by atoms with Gasteiger partial charge in [-0.2, -0.15) is 0 Å². The zero-order valence-corrected chi connectivity index (χ0v) is 15.3. The summed E-state index contributed by atoms with van der Waals surface area (Å²) in [6.07, 6.45) is 0. The number of rotatable bonds is 4. The number of benzene rings is 2. The third kappa shape index (κ3) is 4.31. The first-order chi connectivity index (χ1) is 12.4. The molecule has 1 aromatic heterocycles. The quantitative estimate of drug-likeness (QED) is 0.660. The van der Waals surface area contributed by atoms with E-state index < -0.39 is 18.5 Å². The van der Waals surface area contributed by atoms with E-state index in [9.17, 15) is 9.59 Å². The molecule has 1 N–H and O–H groups in total. The number of hydrogen-bond acceptors (Lipinski definition) is 4. The van der Waals surface area contributed by atoms with Crippen LogP contribution in [0.1, 0.15) is 16.1 Å². The fourth-order valence-corrected chi connectivity index (χ4v) is 2.79. The number of fused-ring (bicyclic) bond motifs is 1. The number of nitrogens with one attached hydrogen (secondary N) is 1. The minimum Gasteiger partial charge on any atom is -0.452 e. The van der Waals surface area contributed by atoms with Crippen LogP contribution in [-0.4, -0.2) is 23.5 Å². The molecular weight excluding hydrogens is 375 g/mol. The van der Waals surface area contributed by atoms with Crippen molar-refractivity contribution < 1.29 is 14.3 Å². The number of aryl methyl sites for hydroxylation is 1. The molecule has 3 rings (SSSR count). The monoisotopic (exact) mass is 388 g/mol. The summed E-state index contributed by atoms with van der Waals surface area (Å²) < 4.78 is 5.10. The summed E-state index contributed by atoms with van der Waals surface area (Å²) in [5.74, 6) is -1.09. The zero-order chi connectivity index (χ0) is 18.7. The van der Waals surface area contributed by atoms with E-state index >= 15 is 0 Å². The average molecular weight is 389 g/mol. The molecule has 1 amide bonds. The maximum absolute atomic E-state index is 12.3. The van der Waals surface area contributed by atoms with Gasteiger partial charge >= 0.3 is 5.97 Å². The second-order valence-corrected chi connectivity index (χ2v) is 6.47. The molecule has 0 aliphatic rings. The van der Waals surface area contributed by atoms with Gasteiger partial charge in [0.05, 0.1) is 16.8 Å². The van der Waals surface area contributed by atoms with Crippen molar-refractivity contribution in [3.63, 3.8) is 0 Å². The minimum atomic E-state index is -0.627. The van der Waals surface area contributed by atoms with Crippen LogP contribution in [0.4, 0.5) is 5.69 Å². The van der Waals surface area contributed by atoms with E-state index in [1.807, 2.05) is 0 Å². The molecule has 2 aromatic carbocycles. The molecule has 0 saturated heterocycles. The standard InChI is InChI=1S/C19H14Cl2N2O3/c1-11-16(8-12-7-14(21)5-6-17(12)22-11)19(25)26-10-18(24)23-15-4-2-3-13(20)9-15/h2-9H,10H2,1H3,(H,23,24). The molecule has 0 atom stereocenters. The maximum Gasteiger partial charge on any atom is 0.340 e. The number of nitrogens with zero attached hydrogens (tertiary/aromatic N) is 1. The topological polar surface area (TPSA) is 68.3 Å². The summed E-state index contributed by atoms with van der Waals surface area (Å²) in [6.45, 7) is 1.29. The minimum absolute atomic E-state index is 0.287. The van der Waals surface area contributed by atoms with Crippen LogP contribution in [0.25, 0.3) is 10.9 Å². The van der Waals surface area contributed by atoms with Crippen LogP contribution in [0.5, 0.6) is 0 Å². The third-order valence-corrected chi connectivity index (χ3v) is 4.10. The van der Waals surface area contributed by atoms with Crippen molar-refractivity contribution in [2.45, 2.75) is 6.92 Å². The molecule has 5 nitrogen and oxygen atoms in total. The molecule has 0 saturated carbocycles. The van der Waals surface area contributed by atoms with Crippen molar-refractivity contribution in [2.24, 2.45) is 0 Å². The number of pyridine rings is 1. The molecule has 0 fully saturated rings. The van der Waals surface area contributed by atoms with Gasteiger partial charge in [0, 0.05) is 21.1 Å². The highest BCUT2D eigenvalue weighted by atomic mass is 35.5. The molecular formula is C19H14Cl2N2O3. The molecule has 0 radical (unpaired) electrons. The number of carbonyl (C=O) groups excluding carboxylic acids is 2. The molecule has 26 heavy (non-hydrogen) atoms. The van der Waals surface area contributed by atoms with E-state index in [4.69, 9.17) is 27.9 Å². The van der Waals surface area contributed by atoms with Gasteiger partial charge in [-0.05, 0) is 49.4 Å². The number of esters is 1. The molecule has 0 bridgehead atoms. The van der Waals surface area contributed by atoms with Gasteiger partial charge in [0.25, 0.3) is 5.91 Å². The number of aromatic nitrogens is 1. The van der Waals surface area contributed by atoms with Gasteiger partial charge < -0.3 is 10.1 Å². The first-order valence-corrected chi connectivity index (χ1v) is 8.47. The van der Waals surface area contributed by atoms with Gasteiger partial charge in [-0.25, -0.2) is 4.79 Å². The lowest BCUT2D eigenvalue weighted by Crippen LogP contribution is -2.21. The summed E-state index contributed by atoms with van der Waals surface area (Å²) in [7, 11) is 0. The van der Waals surface area contributed by atoms with E-state index in [1.165, 1.54) is 0 Å². The average Bonchev–Trinajstić information content (AvgIpc) is 2.59. The summed E-state index contributed by atoms with van der Waals surface area (Å²) in [5, 5.41) is 4.37. The number of hydrogen-bond donors (Lipinski definition) is 1. The Morgan fingerprint density at radius 3 is 2.62 bits per heavy atom. The zero-order valence-electron chi connectivity index (χ0n) is 13.8. The highest BCUT2D eigenvalue weighted by Gasteiger charge is 2.15. The molecule has 0 aliphatic carbocycles. The van der Waals surface area contributed by atoms with E-state index in [0.717, 1.165) is 10.9 Å². The van der Waals surface area contributed by atoms with E-state index in [0.29, 0.717) is 21.4 Å². The van der Waals surface area contributed by atoms with Crippen LogP contribution >= 0.6 is 23.2 Å². The predicted molar refractivity (Wildman–Crippen MR) is 102 cm³/mol. The van der Waals surface area contributed by atoms with Crippen LogP contribution in [0, 0.1) is 6.92 Å². The van der Waals surface area contributed by atoms with E-state index in [1.54, 1.807) is 55.5 Å². The highest BCUT2D eigenvalue weighted by molar-refractivity contribution is 6.31. The first-order valence-electron chi connectivity index (χ1n) is 7.72. The molecule has 132 valence electrons. The third-order valence-electron chi connectivity index (χ3n) is 3.63. The lowest BCUT2D eigenvalue weighted by atomic mass is 10.1. The molecule has 0 aliphatic heterocycles. The Morgan fingerprint density at radius 1 is 1.08 bits per heavy atom. The Bertz CT molecular complexity index is 1010. The Balaban J connectivity index is 1.68. The lowest BCUT2D eigenvalue weighted by molar-refractivity contribution is -0.119. The van der Waals surface area contributed by atoms with E-state index in [-0.39, 0.29) is 5.56 Å². The molecule has 1 heterocycles. The summed E-state index contributed by atoms with van der Waals surface area (Å²) in [4.78, 5) is 28.6. The van der Waals surface area contributed by atoms with Crippen LogP contribution in [0.15, 0.2) is 48.5 Å². The number of ether oxygens (including phenoxy) is 1. The van der Waals surface area contributed by atoms with Crippen LogP contribution in [-0.2, 0) is 9.53 Å². The number of anilines is 1. The predicted octanol–water partition coefficient (Wildman–Crippen LogP) is 4.65. The first kappa shape index (κ1) is 18.2. The van der Waals surface area contributed by atoms with Gasteiger partial charge in [0.15, 0.2) is 6.61 Å². The van der Waals surface area contributed by atoms with Gasteiger partial charge in [-0.3, -0.25) is 9.78 Å². The Kier molecular flexibility index (Phi) is 5.40. The van der Waals surface area contributed by atoms with Crippen molar-refractivity contribution in [1.29, 1.82) is 0 Å². The summed E-state index contributed by atoms with van der Waals surface area (Å²) >= 11 is 11.8. The summed E-state index contributed by atoms with van der Waals surface area (Å²) in [5.41, 5.74) is 2.05. The number of halogens is 2. The highest BCUT2D eigenvalue weighted by Crippen LogP contribution is 2.21. The van der Waals surface area contributed by atoms with Gasteiger partial charge in [0.1, 0.15) is 0 Å². The van der Waals surface area contributed by atoms with Crippen molar-refractivity contribution in [2.75, 3.05) is 11.9 Å². The van der Waals surface area contributed by atoms with Gasteiger partial charge in [-0.1, -0.05) is 29.3 Å². The number of amides is 1. The van der Waals surface area contributed by atoms with Crippen molar-refractivity contribution in [3.8, 4) is 0 Å². The largest absolute Gasteiger partial charge is 0.452 e. The molecule has 0 unspecified atom stereocenters. The van der Waals surface area contributed by atoms with Gasteiger partial charge in [0.2, 0.25) is 0 Å². The Labute approximate surface area is 159 Å². The van der Waals surface area contributed by atoms with Gasteiger partial charge in [-0.15, -0.1) is 0 Å². The van der Waals surface area contributed by atoms with Crippen molar-refractivity contribution >= 4 is 51.7 Å². The maximum atomic E-state index is 12.3.